The first-order chi connectivity index (χ1) is 12.7. The minimum absolute atomic E-state index is 0.311. The van der Waals surface area contributed by atoms with Crippen molar-refractivity contribution in [1.29, 1.82) is 0 Å². The third kappa shape index (κ3) is 17.3. The zero-order valence-corrected chi connectivity index (χ0v) is 18.7. The smallest absolute Gasteiger partial charge is 0.142 e. The molecule has 0 unspecified atom stereocenters. The Bertz CT molecular complexity index is 265. The molecule has 3 nitrogen and oxygen atoms in total. The molecule has 0 spiro atoms. The van der Waals surface area contributed by atoms with Gasteiger partial charge in [0.1, 0.15) is 26.8 Å². The molecule has 0 rings (SSSR count). The third-order valence-electron chi connectivity index (χ3n) is 5.22. The summed E-state index contributed by atoms with van der Waals surface area (Å²) in [4.78, 5) is 11.7. The number of unbranched alkanes of at least 4 members (excludes halogenated alkanes) is 15. The van der Waals surface area contributed by atoms with Crippen molar-refractivity contribution in [3.8, 4) is 0 Å². The molecule has 0 aliphatic carbocycles. The Hall–Kier alpha value is -0.120. The molecule has 0 aromatic heterocycles. The van der Waals surface area contributed by atoms with Crippen LogP contribution in [0.3, 0.4) is 0 Å². The van der Waals surface area contributed by atoms with Gasteiger partial charge in [-0.25, -0.2) is 0 Å². The molecule has 0 heterocycles. The lowest BCUT2D eigenvalue weighted by Gasteiger charge is -2.27. The molecule has 0 aliphatic heterocycles. The van der Waals surface area contributed by atoms with Gasteiger partial charge in [0.15, 0.2) is 0 Å². The van der Waals surface area contributed by atoms with Gasteiger partial charge in [0.25, 0.3) is 0 Å². The first-order valence-electron chi connectivity index (χ1n) is 11.8. The Labute approximate surface area is 165 Å². The maximum atomic E-state index is 5.71. The van der Waals surface area contributed by atoms with Gasteiger partial charge in [-0.2, -0.15) is 9.68 Å². The molecule has 26 heavy (non-hydrogen) atoms. The van der Waals surface area contributed by atoms with Gasteiger partial charge in [0.05, 0.1) is 0 Å². The number of hydrogen-bond donors (Lipinski definition) is 0. The van der Waals surface area contributed by atoms with E-state index in [-0.39, 0.29) is 0 Å². The highest BCUT2D eigenvalue weighted by Crippen LogP contribution is 2.15. The van der Waals surface area contributed by atoms with Crippen LogP contribution < -0.4 is 0 Å². The normalized spacial score (nSPS) is 12.0. The van der Waals surface area contributed by atoms with Crippen molar-refractivity contribution in [1.82, 2.24) is 0 Å². The summed E-state index contributed by atoms with van der Waals surface area (Å²) in [6, 6.07) is 0. The van der Waals surface area contributed by atoms with E-state index >= 15 is 0 Å². The van der Waals surface area contributed by atoms with Gasteiger partial charge in [0.2, 0.25) is 0 Å². The SMILES string of the molecule is CCCCCCCCCCCCCCCCCC[N+](C)(OCC)OCC. The van der Waals surface area contributed by atoms with Gasteiger partial charge in [-0.15, -0.1) is 0 Å². The molecule has 0 bridgehead atoms. The Morgan fingerprint density at radius 3 is 1.08 bits per heavy atom. The van der Waals surface area contributed by atoms with Crippen LogP contribution in [0, 0.1) is 0 Å². The Morgan fingerprint density at radius 2 is 0.769 bits per heavy atom. The zero-order valence-electron chi connectivity index (χ0n) is 18.7. The second-order valence-corrected chi connectivity index (χ2v) is 7.88. The van der Waals surface area contributed by atoms with Crippen LogP contribution in [-0.2, 0) is 9.68 Å². The summed E-state index contributed by atoms with van der Waals surface area (Å²) in [5.41, 5.74) is 0. The van der Waals surface area contributed by atoms with E-state index in [0.29, 0.717) is 18.0 Å². The molecular formula is C23H50NO2+. The van der Waals surface area contributed by atoms with Gasteiger partial charge in [0, 0.05) is 6.42 Å². The van der Waals surface area contributed by atoms with E-state index in [1.54, 1.807) is 0 Å². The summed E-state index contributed by atoms with van der Waals surface area (Å²) >= 11 is 0. The first kappa shape index (κ1) is 25.9. The van der Waals surface area contributed by atoms with Gasteiger partial charge in [-0.1, -0.05) is 96.8 Å². The summed E-state index contributed by atoms with van der Waals surface area (Å²) in [5.74, 6) is 0. The van der Waals surface area contributed by atoms with Crippen LogP contribution in [0.4, 0.5) is 0 Å². The highest BCUT2D eigenvalue weighted by Gasteiger charge is 2.23. The number of rotatable bonds is 21. The standard InChI is InChI=1S/C23H50NO2/c1-5-8-9-10-11-12-13-14-15-16-17-18-19-20-21-22-23-24(4,25-6-2)26-7-3/h5-23H2,1-4H3/q+1. The third-order valence-corrected chi connectivity index (χ3v) is 5.22. The predicted octanol–water partition coefficient (Wildman–Crippen LogP) is 7.60. The van der Waals surface area contributed by atoms with Gasteiger partial charge in [-0.3, -0.25) is 0 Å². The maximum Gasteiger partial charge on any atom is 0.142 e. The topological polar surface area (TPSA) is 18.5 Å². The van der Waals surface area contributed by atoms with Crippen molar-refractivity contribution in [2.24, 2.45) is 0 Å². The van der Waals surface area contributed by atoms with Crippen molar-refractivity contribution in [3.05, 3.63) is 0 Å². The summed E-state index contributed by atoms with van der Waals surface area (Å²) in [7, 11) is 2.03. The van der Waals surface area contributed by atoms with E-state index in [0.717, 1.165) is 6.54 Å². The lowest BCUT2D eigenvalue weighted by atomic mass is 10.0. The van der Waals surface area contributed by atoms with Crippen LogP contribution in [-0.4, -0.2) is 31.6 Å². The Balaban J connectivity index is 3.26. The van der Waals surface area contributed by atoms with Crippen LogP contribution >= 0.6 is 0 Å². The zero-order chi connectivity index (χ0) is 19.3. The number of hydroxylamine groups is 4. The van der Waals surface area contributed by atoms with E-state index in [1.165, 1.54) is 103 Å². The number of hydrogen-bond acceptors (Lipinski definition) is 2. The van der Waals surface area contributed by atoms with E-state index < -0.39 is 0 Å². The fourth-order valence-electron chi connectivity index (χ4n) is 3.66. The Morgan fingerprint density at radius 1 is 0.462 bits per heavy atom. The molecule has 0 aromatic rings. The maximum absolute atomic E-state index is 5.71. The molecule has 158 valence electrons. The van der Waals surface area contributed by atoms with Crippen LogP contribution in [0.2, 0.25) is 0 Å². The molecule has 0 fully saturated rings. The summed E-state index contributed by atoms with van der Waals surface area (Å²) in [6.45, 7) is 8.72. The molecule has 0 atom stereocenters. The lowest BCUT2D eigenvalue weighted by molar-refractivity contribution is -1.23. The van der Waals surface area contributed by atoms with E-state index in [4.69, 9.17) is 9.68 Å². The highest BCUT2D eigenvalue weighted by atomic mass is 17.0. The fourth-order valence-corrected chi connectivity index (χ4v) is 3.66. The second-order valence-electron chi connectivity index (χ2n) is 7.88. The quantitative estimate of drug-likeness (QED) is 0.117. The van der Waals surface area contributed by atoms with Crippen LogP contribution in [0.5, 0.6) is 0 Å². The lowest BCUT2D eigenvalue weighted by Crippen LogP contribution is -2.44. The summed E-state index contributed by atoms with van der Waals surface area (Å²) < 4.78 is 0. The molecule has 0 aliphatic rings. The highest BCUT2D eigenvalue weighted by molar-refractivity contribution is 4.49. The minimum Gasteiger partial charge on any atom is -0.169 e. The molecule has 0 saturated heterocycles. The number of quaternary nitrogens is 1. The van der Waals surface area contributed by atoms with Gasteiger partial charge >= 0.3 is 0 Å². The summed E-state index contributed by atoms with van der Waals surface area (Å²) in [5, 5.41) is 0. The molecule has 0 radical (unpaired) electrons. The van der Waals surface area contributed by atoms with Crippen LogP contribution in [0.15, 0.2) is 0 Å². The van der Waals surface area contributed by atoms with Crippen molar-refractivity contribution in [3.63, 3.8) is 0 Å². The number of nitrogens with zero attached hydrogens (tertiary/aromatic N) is 1. The first-order valence-corrected chi connectivity index (χ1v) is 11.8. The molecule has 0 aromatic carbocycles. The van der Waals surface area contributed by atoms with Gasteiger partial charge in [-0.05, 0) is 25.1 Å². The molecule has 0 amide bonds. The average Bonchev–Trinajstić information content (AvgIpc) is 2.62. The van der Waals surface area contributed by atoms with Crippen molar-refractivity contribution >= 4 is 0 Å². The molecule has 0 N–H and O–H groups in total. The van der Waals surface area contributed by atoms with Gasteiger partial charge < -0.3 is 0 Å². The molecular weight excluding hydrogens is 322 g/mol. The molecule has 3 heteroatoms. The summed E-state index contributed by atoms with van der Waals surface area (Å²) in [6.07, 6.45) is 22.5. The van der Waals surface area contributed by atoms with E-state index in [9.17, 15) is 0 Å². The largest absolute Gasteiger partial charge is 0.169 e. The van der Waals surface area contributed by atoms with Crippen molar-refractivity contribution in [2.45, 2.75) is 124 Å². The van der Waals surface area contributed by atoms with Crippen LogP contribution in [0.1, 0.15) is 124 Å². The van der Waals surface area contributed by atoms with Crippen molar-refractivity contribution in [2.75, 3.05) is 26.8 Å². The monoisotopic (exact) mass is 372 g/mol. The second kappa shape index (κ2) is 19.6. The Kier molecular flexibility index (Phi) is 19.5. The van der Waals surface area contributed by atoms with E-state index in [1.807, 2.05) is 20.9 Å². The minimum atomic E-state index is 0.311. The van der Waals surface area contributed by atoms with Crippen LogP contribution in [0.25, 0.3) is 0 Å². The fraction of sp³-hybridized carbons (Fsp3) is 1.00. The van der Waals surface area contributed by atoms with E-state index in [2.05, 4.69) is 6.92 Å². The van der Waals surface area contributed by atoms with Crippen molar-refractivity contribution < 1.29 is 14.5 Å². The average molecular weight is 373 g/mol. The molecule has 0 saturated carbocycles. The predicted molar refractivity (Wildman–Crippen MR) is 114 cm³/mol.